The van der Waals surface area contributed by atoms with Crippen LogP contribution in [-0.4, -0.2) is 64.1 Å². The zero-order valence-corrected chi connectivity index (χ0v) is 12.1. The molecule has 0 spiro atoms. The molecule has 21 heavy (non-hydrogen) atoms. The fourth-order valence-electron chi connectivity index (χ4n) is 2.22. The molecule has 0 aromatic heterocycles. The van der Waals surface area contributed by atoms with E-state index in [0.717, 1.165) is 0 Å². The highest BCUT2D eigenvalue weighted by molar-refractivity contribution is 6.70. The Morgan fingerprint density at radius 3 is 2.95 bits per heavy atom. The minimum Gasteiger partial charge on any atom is -0.622 e. The second-order valence-corrected chi connectivity index (χ2v) is 5.19. The average Bonchev–Trinajstić information content (AvgIpc) is 2.42. The number of fused-ring (bicyclic) bond motifs is 1. The first-order chi connectivity index (χ1) is 9.83. The van der Waals surface area contributed by atoms with Gasteiger partial charge >= 0.3 is 5.97 Å². The Labute approximate surface area is 121 Å². The molecule has 9 heteroatoms. The number of carbonyl (C=O) groups is 1. The Balaban J connectivity index is 2.48. The number of nitrogens with two attached hydrogens (primary N) is 1. The molecule has 0 radical (unpaired) electrons. The van der Waals surface area contributed by atoms with Crippen LogP contribution < -0.4 is 5.73 Å². The molecule has 0 aromatic carbocycles. The topological polar surface area (TPSA) is 133 Å². The van der Waals surface area contributed by atoms with Gasteiger partial charge in [0, 0.05) is 0 Å². The third kappa shape index (κ3) is 2.49. The number of nitrogens with zero attached hydrogens (tertiary/aromatic N) is 3. The number of oxime groups is 1. The van der Waals surface area contributed by atoms with Gasteiger partial charge in [-0.05, 0) is 20.8 Å². The number of hydrogen-bond donors (Lipinski definition) is 2. The summed E-state index contributed by atoms with van der Waals surface area (Å²) in [7, 11) is 0. The Kier molecular flexibility index (Phi) is 3.97. The standard InChI is InChI=1S/C12H18N4O5/c1-4-20-11(17)8-10(13)16(19)6-5-21-12(2,3)9(15-18)7(6)14-8/h8,10,18H,4-5,13H2,1-3H3/b15-9+. The lowest BCUT2D eigenvalue weighted by atomic mass is 9.91. The molecule has 0 amide bonds. The molecule has 1 fully saturated rings. The fourth-order valence-corrected chi connectivity index (χ4v) is 2.22. The molecular weight excluding hydrogens is 280 g/mol. The Hall–Kier alpha value is -2.00. The Morgan fingerprint density at radius 2 is 2.38 bits per heavy atom. The first-order valence-corrected chi connectivity index (χ1v) is 6.53. The molecule has 0 saturated carbocycles. The average molecular weight is 298 g/mol. The molecule has 0 bridgehead atoms. The van der Waals surface area contributed by atoms with Crippen LogP contribution in [0.15, 0.2) is 10.1 Å². The molecule has 9 nitrogen and oxygen atoms in total. The van der Waals surface area contributed by atoms with E-state index in [1.807, 2.05) is 0 Å². The van der Waals surface area contributed by atoms with Gasteiger partial charge in [0.2, 0.25) is 17.9 Å². The Bertz CT molecular complexity index is 552. The van der Waals surface area contributed by atoms with Crippen molar-refractivity contribution in [3.05, 3.63) is 5.21 Å². The quantitative estimate of drug-likeness (QED) is 0.226. The van der Waals surface area contributed by atoms with Crippen LogP contribution >= 0.6 is 0 Å². The number of rotatable bonds is 2. The second kappa shape index (κ2) is 5.41. The minimum absolute atomic E-state index is 0.0302. The van der Waals surface area contributed by atoms with E-state index in [0.29, 0.717) is 4.74 Å². The van der Waals surface area contributed by atoms with Crippen LogP contribution in [0.4, 0.5) is 0 Å². The van der Waals surface area contributed by atoms with Crippen molar-refractivity contribution in [1.82, 2.24) is 0 Å². The normalized spacial score (nSPS) is 29.9. The SMILES string of the molecule is CCOC(=O)C1N=C2C(=[N+]([O-])C1N)COC(C)(C)/C2=N/O. The van der Waals surface area contributed by atoms with Crippen LogP contribution in [-0.2, 0) is 14.3 Å². The second-order valence-electron chi connectivity index (χ2n) is 5.19. The number of aliphatic imine (C=N–C) groups is 1. The largest absolute Gasteiger partial charge is 0.622 e. The predicted octanol–water partition coefficient (Wildman–Crippen LogP) is -0.752. The lowest BCUT2D eigenvalue weighted by molar-refractivity contribution is -0.503. The molecule has 2 heterocycles. The minimum atomic E-state index is -1.20. The van der Waals surface area contributed by atoms with Crippen molar-refractivity contribution in [2.45, 2.75) is 38.6 Å². The maximum absolute atomic E-state index is 12.2. The highest BCUT2D eigenvalue weighted by atomic mass is 16.5. The summed E-state index contributed by atoms with van der Waals surface area (Å²) in [6, 6.07) is -1.17. The van der Waals surface area contributed by atoms with Crippen molar-refractivity contribution >= 4 is 23.1 Å². The van der Waals surface area contributed by atoms with E-state index in [-0.39, 0.29) is 30.3 Å². The van der Waals surface area contributed by atoms with Crippen LogP contribution in [0.2, 0.25) is 0 Å². The molecule has 116 valence electrons. The molecule has 2 atom stereocenters. The summed E-state index contributed by atoms with van der Waals surface area (Å²) in [6.45, 7) is 5.11. The van der Waals surface area contributed by atoms with Crippen molar-refractivity contribution in [1.29, 1.82) is 0 Å². The Morgan fingerprint density at radius 1 is 1.71 bits per heavy atom. The fraction of sp³-hybridized carbons (Fsp3) is 0.667. The van der Waals surface area contributed by atoms with Gasteiger partial charge in [-0.25, -0.2) is 4.79 Å². The van der Waals surface area contributed by atoms with E-state index in [1.54, 1.807) is 20.8 Å². The van der Waals surface area contributed by atoms with E-state index in [4.69, 9.17) is 15.2 Å². The monoisotopic (exact) mass is 298 g/mol. The van der Waals surface area contributed by atoms with Crippen molar-refractivity contribution in [3.8, 4) is 0 Å². The summed E-state index contributed by atoms with van der Waals surface area (Å²) in [5.41, 5.74) is 5.15. The van der Waals surface area contributed by atoms with Crippen LogP contribution in [0.5, 0.6) is 0 Å². The summed E-state index contributed by atoms with van der Waals surface area (Å²) in [5.74, 6) is -0.695. The maximum atomic E-state index is 12.2. The zero-order valence-electron chi connectivity index (χ0n) is 12.1. The smallest absolute Gasteiger partial charge is 0.339 e. The van der Waals surface area contributed by atoms with Gasteiger partial charge in [0.15, 0.2) is 5.71 Å². The molecule has 2 aliphatic heterocycles. The lowest BCUT2D eigenvalue weighted by Crippen LogP contribution is -2.60. The van der Waals surface area contributed by atoms with E-state index >= 15 is 0 Å². The predicted molar refractivity (Wildman–Crippen MR) is 73.7 cm³/mol. The van der Waals surface area contributed by atoms with Crippen LogP contribution in [0.1, 0.15) is 20.8 Å². The van der Waals surface area contributed by atoms with E-state index in [9.17, 15) is 15.2 Å². The highest BCUT2D eigenvalue weighted by Crippen LogP contribution is 2.22. The lowest BCUT2D eigenvalue weighted by Gasteiger charge is -2.35. The van der Waals surface area contributed by atoms with Gasteiger partial charge in [0.05, 0.1) is 6.61 Å². The molecule has 0 aromatic rings. The van der Waals surface area contributed by atoms with E-state index < -0.39 is 23.8 Å². The van der Waals surface area contributed by atoms with Crippen LogP contribution in [0.25, 0.3) is 0 Å². The number of carbonyl (C=O) groups excluding carboxylic acids is 1. The molecule has 2 rings (SSSR count). The molecule has 2 aliphatic rings. The van der Waals surface area contributed by atoms with Crippen molar-refractivity contribution in [3.63, 3.8) is 0 Å². The molecule has 1 saturated heterocycles. The highest BCUT2D eigenvalue weighted by Gasteiger charge is 2.48. The zero-order chi connectivity index (χ0) is 15.8. The number of hydrogen-bond acceptors (Lipinski definition) is 8. The van der Waals surface area contributed by atoms with Crippen LogP contribution in [0, 0.1) is 5.21 Å². The van der Waals surface area contributed by atoms with Gasteiger partial charge in [-0.3, -0.25) is 10.7 Å². The third-order valence-corrected chi connectivity index (χ3v) is 3.39. The van der Waals surface area contributed by atoms with Gasteiger partial charge in [-0.2, -0.15) is 4.74 Å². The summed E-state index contributed by atoms with van der Waals surface area (Å²) in [6.07, 6.45) is -1.20. The van der Waals surface area contributed by atoms with Crippen molar-refractivity contribution < 1.29 is 24.2 Å². The molecule has 3 N–H and O–H groups in total. The van der Waals surface area contributed by atoms with Gasteiger partial charge in [0.1, 0.15) is 17.9 Å². The van der Waals surface area contributed by atoms with Crippen LogP contribution in [0.3, 0.4) is 0 Å². The number of hydroxylamine groups is 1. The first kappa shape index (κ1) is 15.4. The van der Waals surface area contributed by atoms with Crippen molar-refractivity contribution in [2.75, 3.05) is 13.2 Å². The summed E-state index contributed by atoms with van der Waals surface area (Å²) >= 11 is 0. The number of ether oxygens (including phenoxy) is 2. The van der Waals surface area contributed by atoms with Crippen molar-refractivity contribution in [2.24, 2.45) is 15.9 Å². The number of esters is 1. The molecule has 0 aliphatic carbocycles. The first-order valence-electron chi connectivity index (χ1n) is 6.53. The van der Waals surface area contributed by atoms with Gasteiger partial charge in [-0.1, -0.05) is 5.16 Å². The third-order valence-electron chi connectivity index (χ3n) is 3.39. The summed E-state index contributed by atoms with van der Waals surface area (Å²) < 4.78 is 10.8. The van der Waals surface area contributed by atoms with Gasteiger partial charge in [-0.15, -0.1) is 0 Å². The van der Waals surface area contributed by atoms with E-state index in [2.05, 4.69) is 10.1 Å². The van der Waals surface area contributed by atoms with Gasteiger partial charge < -0.3 is 19.9 Å². The summed E-state index contributed by atoms with van der Waals surface area (Å²) in [4.78, 5) is 16.0. The molecular formula is C12H18N4O5. The maximum Gasteiger partial charge on any atom is 0.339 e. The molecule has 2 unspecified atom stereocenters. The van der Waals surface area contributed by atoms with Gasteiger partial charge in [0.25, 0.3) is 0 Å². The summed E-state index contributed by atoms with van der Waals surface area (Å²) in [5, 5.41) is 24.6. The van der Waals surface area contributed by atoms with E-state index in [1.165, 1.54) is 0 Å².